The summed E-state index contributed by atoms with van der Waals surface area (Å²) in [6.07, 6.45) is -1.85. The Hall–Kier alpha value is -2.08. The van der Waals surface area contributed by atoms with E-state index in [1.54, 1.807) is 6.92 Å². The lowest BCUT2D eigenvalue weighted by molar-refractivity contribution is -0.151. The molecule has 1 aromatic rings. The molecule has 2 N–H and O–H groups in total. The zero-order valence-corrected chi connectivity index (χ0v) is 11.5. The maximum absolute atomic E-state index is 11.5. The van der Waals surface area contributed by atoms with Gasteiger partial charge in [0.15, 0.2) is 6.10 Å². The third-order valence-corrected chi connectivity index (χ3v) is 2.70. The minimum Gasteiger partial charge on any atom is -0.467 e. The van der Waals surface area contributed by atoms with E-state index in [-0.39, 0.29) is 13.0 Å². The smallest absolute Gasteiger partial charge is 0.407 e. The summed E-state index contributed by atoms with van der Waals surface area (Å²) in [4.78, 5) is 22.9. The third-order valence-electron chi connectivity index (χ3n) is 2.70. The van der Waals surface area contributed by atoms with Crippen LogP contribution in [0, 0.1) is 0 Å². The van der Waals surface area contributed by atoms with E-state index in [1.807, 2.05) is 30.3 Å². The predicted molar refractivity (Wildman–Crippen MR) is 72.1 cm³/mol. The van der Waals surface area contributed by atoms with E-state index in [0.717, 1.165) is 5.56 Å². The van der Waals surface area contributed by atoms with Gasteiger partial charge in [-0.1, -0.05) is 30.3 Å². The first kappa shape index (κ1) is 16.0. The van der Waals surface area contributed by atoms with Crippen molar-refractivity contribution in [3.05, 3.63) is 35.9 Å². The van der Waals surface area contributed by atoms with Crippen LogP contribution in [0.1, 0.15) is 12.5 Å². The molecular weight excluding hydrogens is 262 g/mol. The molecule has 1 amide bonds. The Bertz CT molecular complexity index is 434. The van der Waals surface area contributed by atoms with Crippen molar-refractivity contribution in [2.24, 2.45) is 0 Å². The van der Waals surface area contributed by atoms with Gasteiger partial charge in [-0.05, 0) is 18.9 Å². The molecule has 0 aliphatic rings. The minimum absolute atomic E-state index is 0.207. The number of methoxy groups -OCH3 is 1. The average molecular weight is 281 g/mol. The van der Waals surface area contributed by atoms with Crippen molar-refractivity contribution in [1.29, 1.82) is 0 Å². The molecule has 0 aliphatic heterocycles. The fourth-order valence-electron chi connectivity index (χ4n) is 1.72. The normalized spacial score (nSPS) is 13.2. The van der Waals surface area contributed by atoms with E-state index in [2.05, 4.69) is 10.1 Å². The lowest BCUT2D eigenvalue weighted by atomic mass is 10.0. The number of hydrogen-bond acceptors (Lipinski definition) is 5. The van der Waals surface area contributed by atoms with Gasteiger partial charge in [-0.2, -0.15) is 0 Å². The molecule has 6 nitrogen and oxygen atoms in total. The van der Waals surface area contributed by atoms with Crippen LogP contribution in [0.3, 0.4) is 0 Å². The van der Waals surface area contributed by atoms with Crippen LogP contribution >= 0.6 is 0 Å². The highest BCUT2D eigenvalue weighted by Crippen LogP contribution is 2.08. The highest BCUT2D eigenvalue weighted by atomic mass is 16.6. The van der Waals surface area contributed by atoms with Crippen LogP contribution in [0.4, 0.5) is 4.79 Å². The predicted octanol–water partition coefficient (Wildman–Crippen LogP) is 0.878. The highest BCUT2D eigenvalue weighted by Gasteiger charge is 2.29. The van der Waals surface area contributed by atoms with Gasteiger partial charge in [0.1, 0.15) is 0 Å². The van der Waals surface area contributed by atoms with Crippen molar-refractivity contribution < 1.29 is 24.2 Å². The molecule has 110 valence electrons. The number of benzene rings is 1. The molecular formula is C14H19NO5. The maximum atomic E-state index is 11.5. The lowest BCUT2D eigenvalue weighted by Crippen LogP contribution is -2.48. The number of aliphatic hydroxyl groups excluding tert-OH is 1. The number of hydrogen-bond donors (Lipinski definition) is 2. The molecule has 20 heavy (non-hydrogen) atoms. The number of ether oxygens (including phenoxy) is 2. The monoisotopic (exact) mass is 281 g/mol. The van der Waals surface area contributed by atoms with Crippen molar-refractivity contribution in [3.8, 4) is 0 Å². The zero-order chi connectivity index (χ0) is 15.0. The third kappa shape index (κ3) is 4.89. The Balaban J connectivity index is 2.78. The summed E-state index contributed by atoms with van der Waals surface area (Å²) >= 11 is 0. The number of alkyl carbamates (subject to hydrolysis) is 1. The molecule has 1 rings (SSSR count). The van der Waals surface area contributed by atoms with Gasteiger partial charge in [0.05, 0.1) is 19.8 Å². The largest absolute Gasteiger partial charge is 0.467 e. The molecule has 1 aromatic carbocycles. The Morgan fingerprint density at radius 1 is 1.30 bits per heavy atom. The summed E-state index contributed by atoms with van der Waals surface area (Å²) in [7, 11) is 1.18. The number of rotatable bonds is 6. The van der Waals surface area contributed by atoms with E-state index < -0.39 is 24.2 Å². The molecule has 0 spiro atoms. The molecule has 2 unspecified atom stereocenters. The second-order valence-corrected chi connectivity index (χ2v) is 4.13. The zero-order valence-electron chi connectivity index (χ0n) is 11.5. The van der Waals surface area contributed by atoms with E-state index in [0.29, 0.717) is 0 Å². The molecule has 0 saturated heterocycles. The van der Waals surface area contributed by atoms with Gasteiger partial charge in [0.2, 0.25) is 0 Å². The van der Waals surface area contributed by atoms with Crippen LogP contribution in [-0.4, -0.2) is 43.0 Å². The molecule has 0 saturated carbocycles. The van der Waals surface area contributed by atoms with Gasteiger partial charge >= 0.3 is 12.1 Å². The standard InChI is InChI=1S/C14H19NO5/c1-3-20-14(18)15-11(12(16)13(17)19-2)9-10-7-5-4-6-8-10/h4-8,11-12,16H,3,9H2,1-2H3,(H,15,18). The fourth-order valence-corrected chi connectivity index (χ4v) is 1.72. The number of amides is 1. The van der Waals surface area contributed by atoms with Crippen molar-refractivity contribution >= 4 is 12.1 Å². The molecule has 0 radical (unpaired) electrons. The Labute approximate surface area is 117 Å². The molecule has 0 aromatic heterocycles. The van der Waals surface area contributed by atoms with Gasteiger partial charge in [-0.3, -0.25) is 0 Å². The van der Waals surface area contributed by atoms with E-state index in [1.165, 1.54) is 7.11 Å². The van der Waals surface area contributed by atoms with Crippen LogP contribution in [0.2, 0.25) is 0 Å². The van der Waals surface area contributed by atoms with Crippen LogP contribution in [0.15, 0.2) is 30.3 Å². The van der Waals surface area contributed by atoms with Gasteiger partial charge in [0, 0.05) is 0 Å². The van der Waals surface area contributed by atoms with Crippen molar-refractivity contribution in [2.45, 2.75) is 25.5 Å². The molecule has 0 fully saturated rings. The summed E-state index contributed by atoms with van der Waals surface area (Å²) in [5, 5.41) is 12.4. The summed E-state index contributed by atoms with van der Waals surface area (Å²) in [5.41, 5.74) is 0.872. The molecule has 0 bridgehead atoms. The molecule has 0 aliphatic carbocycles. The van der Waals surface area contributed by atoms with E-state index in [4.69, 9.17) is 4.74 Å². The van der Waals surface area contributed by atoms with Gasteiger partial charge < -0.3 is 19.9 Å². The SMILES string of the molecule is CCOC(=O)NC(Cc1ccccc1)C(O)C(=O)OC. The van der Waals surface area contributed by atoms with Crippen molar-refractivity contribution in [2.75, 3.05) is 13.7 Å². The number of carbonyl (C=O) groups excluding carboxylic acids is 2. The first-order valence-electron chi connectivity index (χ1n) is 6.31. The average Bonchev–Trinajstić information content (AvgIpc) is 2.46. The summed E-state index contributed by atoms with van der Waals surface area (Å²) in [6.45, 7) is 1.88. The summed E-state index contributed by atoms with van der Waals surface area (Å²) in [5.74, 6) is -0.803. The topological polar surface area (TPSA) is 84.9 Å². The quantitative estimate of drug-likeness (QED) is 0.756. The highest BCUT2D eigenvalue weighted by molar-refractivity contribution is 5.77. The molecule has 0 heterocycles. The summed E-state index contributed by atoms with van der Waals surface area (Å²) in [6, 6.07) is 8.38. The molecule has 6 heteroatoms. The van der Waals surface area contributed by atoms with Crippen LogP contribution < -0.4 is 5.32 Å². The lowest BCUT2D eigenvalue weighted by Gasteiger charge is -2.22. The number of esters is 1. The molecule has 2 atom stereocenters. The Kier molecular flexibility index (Phi) is 6.52. The van der Waals surface area contributed by atoms with Crippen LogP contribution in [0.5, 0.6) is 0 Å². The first-order chi connectivity index (χ1) is 9.58. The number of aliphatic hydroxyl groups is 1. The second kappa shape index (κ2) is 8.16. The Morgan fingerprint density at radius 2 is 1.95 bits per heavy atom. The van der Waals surface area contributed by atoms with Gasteiger partial charge in [0.25, 0.3) is 0 Å². The van der Waals surface area contributed by atoms with Crippen LogP contribution in [0.25, 0.3) is 0 Å². The minimum atomic E-state index is -1.45. The van der Waals surface area contributed by atoms with Crippen molar-refractivity contribution in [1.82, 2.24) is 5.32 Å². The van der Waals surface area contributed by atoms with Crippen molar-refractivity contribution in [3.63, 3.8) is 0 Å². The van der Waals surface area contributed by atoms with E-state index in [9.17, 15) is 14.7 Å². The Morgan fingerprint density at radius 3 is 2.50 bits per heavy atom. The number of carbonyl (C=O) groups is 2. The second-order valence-electron chi connectivity index (χ2n) is 4.13. The van der Waals surface area contributed by atoms with E-state index >= 15 is 0 Å². The number of nitrogens with one attached hydrogen (secondary N) is 1. The fraction of sp³-hybridized carbons (Fsp3) is 0.429. The first-order valence-corrected chi connectivity index (χ1v) is 6.31. The van der Waals surface area contributed by atoms with Gasteiger partial charge in [-0.25, -0.2) is 9.59 Å². The van der Waals surface area contributed by atoms with Gasteiger partial charge in [-0.15, -0.1) is 0 Å². The maximum Gasteiger partial charge on any atom is 0.407 e. The van der Waals surface area contributed by atoms with Crippen LogP contribution in [-0.2, 0) is 20.7 Å². The summed E-state index contributed by atoms with van der Waals surface area (Å²) < 4.78 is 9.25.